The van der Waals surface area contributed by atoms with E-state index in [4.69, 9.17) is 33.4 Å². The number of carboxylic acids is 2. The summed E-state index contributed by atoms with van der Waals surface area (Å²) in [6, 6.07) is 5.53. The highest BCUT2D eigenvalue weighted by molar-refractivity contribution is 7.99. The van der Waals surface area contributed by atoms with Crippen LogP contribution in [0.5, 0.6) is 0 Å². The van der Waals surface area contributed by atoms with Crippen molar-refractivity contribution in [2.45, 2.75) is 50.5 Å². The third-order valence-electron chi connectivity index (χ3n) is 3.93. The van der Waals surface area contributed by atoms with Crippen molar-refractivity contribution in [2.75, 3.05) is 11.5 Å². The molecule has 8 heteroatoms. The van der Waals surface area contributed by atoms with Crippen LogP contribution in [0.15, 0.2) is 18.2 Å². The molecule has 26 heavy (non-hydrogen) atoms. The lowest BCUT2D eigenvalue weighted by atomic mass is 10.0. The predicted molar refractivity (Wildman–Crippen MR) is 105 cm³/mol. The molecule has 0 aliphatic heterocycles. The van der Waals surface area contributed by atoms with Crippen LogP contribution in [0.4, 0.5) is 0 Å². The number of rotatable bonds is 13. The number of unbranched alkanes of at least 4 members (excludes halogenated alkanes) is 4. The van der Waals surface area contributed by atoms with Crippen molar-refractivity contribution in [3.8, 4) is 0 Å². The largest absolute Gasteiger partial charge is 0.481 e. The lowest BCUT2D eigenvalue weighted by Gasteiger charge is -2.20. The number of carboxylic acid groups (broad SMARTS) is 2. The van der Waals surface area contributed by atoms with Gasteiger partial charge in [-0.25, -0.2) is 4.79 Å². The van der Waals surface area contributed by atoms with E-state index in [2.05, 4.69) is 0 Å². The summed E-state index contributed by atoms with van der Waals surface area (Å²) in [5, 5.41) is 28.8. The van der Waals surface area contributed by atoms with Crippen molar-refractivity contribution in [2.24, 2.45) is 0 Å². The van der Waals surface area contributed by atoms with Gasteiger partial charge in [0.15, 0.2) is 5.60 Å². The number of benzene rings is 1. The van der Waals surface area contributed by atoms with Gasteiger partial charge in [-0.15, -0.1) is 0 Å². The number of halogens is 2. The van der Waals surface area contributed by atoms with Gasteiger partial charge in [0, 0.05) is 15.8 Å². The standard InChI is InChI=1S/C18H24Cl2O5S/c19-14-8-7-13(15(20)10-14)6-4-2-1-3-5-9-26-12-18(25,17(23)24)11-16(21)22/h7-8,10,25H,1-6,9,11-12H2,(H,21,22)(H,23,24)/t18-/m0/s1. The summed E-state index contributed by atoms with van der Waals surface area (Å²) < 4.78 is 0. The first-order valence-corrected chi connectivity index (χ1v) is 10.3. The Morgan fingerprint density at radius 2 is 1.69 bits per heavy atom. The molecule has 1 rings (SSSR count). The summed E-state index contributed by atoms with van der Waals surface area (Å²) >= 11 is 13.3. The number of aryl methyl sites for hydroxylation is 1. The summed E-state index contributed by atoms with van der Waals surface area (Å²) in [6.07, 6.45) is 5.19. The van der Waals surface area contributed by atoms with Crippen LogP contribution in [-0.4, -0.2) is 44.4 Å². The van der Waals surface area contributed by atoms with Gasteiger partial charge in [0.25, 0.3) is 0 Å². The molecule has 1 aromatic rings. The van der Waals surface area contributed by atoms with Gasteiger partial charge < -0.3 is 15.3 Å². The Hall–Kier alpha value is -0.950. The molecule has 5 nitrogen and oxygen atoms in total. The van der Waals surface area contributed by atoms with Crippen LogP contribution >= 0.6 is 35.0 Å². The van der Waals surface area contributed by atoms with E-state index in [1.807, 2.05) is 12.1 Å². The molecule has 0 fully saturated rings. The molecule has 0 saturated carbocycles. The van der Waals surface area contributed by atoms with Crippen LogP contribution in [0.3, 0.4) is 0 Å². The Kier molecular flexibility index (Phi) is 10.4. The van der Waals surface area contributed by atoms with E-state index < -0.39 is 24.0 Å². The fraction of sp³-hybridized carbons (Fsp3) is 0.556. The molecular weight excluding hydrogens is 399 g/mol. The zero-order chi connectivity index (χ0) is 19.6. The minimum absolute atomic E-state index is 0.121. The molecule has 0 heterocycles. The molecule has 146 valence electrons. The maximum atomic E-state index is 11.0. The molecule has 0 unspecified atom stereocenters. The maximum Gasteiger partial charge on any atom is 0.337 e. The molecule has 0 spiro atoms. The Morgan fingerprint density at radius 1 is 1.04 bits per heavy atom. The van der Waals surface area contributed by atoms with Crippen molar-refractivity contribution in [1.82, 2.24) is 0 Å². The summed E-state index contributed by atoms with van der Waals surface area (Å²) in [4.78, 5) is 21.7. The second-order valence-corrected chi connectivity index (χ2v) is 8.16. The number of aliphatic carboxylic acids is 2. The summed E-state index contributed by atoms with van der Waals surface area (Å²) in [5.74, 6) is -2.24. The van der Waals surface area contributed by atoms with Gasteiger partial charge in [0.1, 0.15) is 0 Å². The number of aliphatic hydroxyl groups is 1. The fourth-order valence-corrected chi connectivity index (χ4v) is 4.07. The molecule has 0 aliphatic rings. The Labute approximate surface area is 167 Å². The smallest absolute Gasteiger partial charge is 0.337 e. The molecule has 0 aromatic heterocycles. The van der Waals surface area contributed by atoms with Crippen molar-refractivity contribution in [1.29, 1.82) is 0 Å². The minimum Gasteiger partial charge on any atom is -0.481 e. The van der Waals surface area contributed by atoms with Gasteiger partial charge in [0.2, 0.25) is 0 Å². The first-order chi connectivity index (χ1) is 12.2. The van der Waals surface area contributed by atoms with Crippen LogP contribution in [-0.2, 0) is 16.0 Å². The second kappa shape index (κ2) is 11.7. The van der Waals surface area contributed by atoms with Crippen molar-refractivity contribution in [3.05, 3.63) is 33.8 Å². The molecule has 1 aromatic carbocycles. The van der Waals surface area contributed by atoms with E-state index in [0.29, 0.717) is 15.8 Å². The highest BCUT2D eigenvalue weighted by atomic mass is 35.5. The zero-order valence-corrected chi connectivity index (χ0v) is 16.7. The van der Waals surface area contributed by atoms with E-state index in [-0.39, 0.29) is 5.75 Å². The predicted octanol–water partition coefficient (Wildman–Crippen LogP) is 4.51. The van der Waals surface area contributed by atoms with Gasteiger partial charge in [-0.3, -0.25) is 4.79 Å². The molecule has 3 N–H and O–H groups in total. The molecule has 1 atom stereocenters. The summed E-state index contributed by atoms with van der Waals surface area (Å²) in [6.45, 7) is 0. The van der Waals surface area contributed by atoms with E-state index >= 15 is 0 Å². The van der Waals surface area contributed by atoms with Gasteiger partial charge in [-0.05, 0) is 42.7 Å². The number of carbonyl (C=O) groups is 2. The first-order valence-electron chi connectivity index (χ1n) is 8.44. The van der Waals surface area contributed by atoms with Crippen molar-refractivity contribution in [3.63, 3.8) is 0 Å². The van der Waals surface area contributed by atoms with Gasteiger partial charge in [-0.1, -0.05) is 48.5 Å². The Balaban J connectivity index is 2.12. The number of hydrogen-bond acceptors (Lipinski definition) is 4. The zero-order valence-electron chi connectivity index (χ0n) is 14.4. The Bertz CT molecular complexity index is 611. The minimum atomic E-state index is -2.20. The fourth-order valence-electron chi connectivity index (χ4n) is 2.45. The highest BCUT2D eigenvalue weighted by Gasteiger charge is 2.38. The quantitative estimate of drug-likeness (QED) is 0.404. The molecule has 0 bridgehead atoms. The summed E-state index contributed by atoms with van der Waals surface area (Å²) in [7, 11) is 0. The average Bonchev–Trinajstić information content (AvgIpc) is 2.54. The van der Waals surface area contributed by atoms with Crippen LogP contribution in [0.2, 0.25) is 10.0 Å². The number of hydrogen-bond donors (Lipinski definition) is 3. The van der Waals surface area contributed by atoms with Gasteiger partial charge >= 0.3 is 11.9 Å². The first kappa shape index (κ1) is 23.1. The Morgan fingerprint density at radius 3 is 2.31 bits per heavy atom. The summed E-state index contributed by atoms with van der Waals surface area (Å²) in [5.41, 5.74) is -1.10. The van der Waals surface area contributed by atoms with Crippen molar-refractivity contribution >= 4 is 46.9 Å². The van der Waals surface area contributed by atoms with Crippen LogP contribution in [0.25, 0.3) is 0 Å². The van der Waals surface area contributed by atoms with Crippen LogP contribution in [0, 0.1) is 0 Å². The second-order valence-electron chi connectivity index (χ2n) is 6.21. The average molecular weight is 423 g/mol. The molecule has 0 amide bonds. The molecular formula is C18H24Cl2O5S. The molecule has 0 saturated heterocycles. The molecule has 0 radical (unpaired) electrons. The number of thioether (sulfide) groups is 1. The molecule has 0 aliphatic carbocycles. The van der Waals surface area contributed by atoms with Gasteiger partial charge in [-0.2, -0.15) is 11.8 Å². The van der Waals surface area contributed by atoms with E-state index in [0.717, 1.165) is 44.1 Å². The normalized spacial score (nSPS) is 13.3. The lowest BCUT2D eigenvalue weighted by molar-refractivity contribution is -0.162. The SMILES string of the molecule is O=C(O)C[C@](O)(CSCCCCCCCc1ccc(Cl)cc1Cl)C(=O)O. The third kappa shape index (κ3) is 8.62. The highest BCUT2D eigenvalue weighted by Crippen LogP contribution is 2.23. The lowest BCUT2D eigenvalue weighted by Crippen LogP contribution is -2.43. The van der Waals surface area contributed by atoms with Crippen LogP contribution < -0.4 is 0 Å². The van der Waals surface area contributed by atoms with Crippen molar-refractivity contribution < 1.29 is 24.9 Å². The van der Waals surface area contributed by atoms with Gasteiger partial charge in [0.05, 0.1) is 6.42 Å². The van der Waals surface area contributed by atoms with E-state index in [1.165, 1.54) is 11.8 Å². The monoisotopic (exact) mass is 422 g/mol. The third-order valence-corrected chi connectivity index (χ3v) is 5.78. The van der Waals surface area contributed by atoms with Crippen LogP contribution in [0.1, 0.15) is 44.1 Å². The van der Waals surface area contributed by atoms with E-state index in [1.54, 1.807) is 6.07 Å². The maximum absolute atomic E-state index is 11.0. The topological polar surface area (TPSA) is 94.8 Å². The van der Waals surface area contributed by atoms with E-state index in [9.17, 15) is 14.7 Å².